The average Bonchev–Trinajstić information content (AvgIpc) is 2.33. The lowest BCUT2D eigenvalue weighted by atomic mass is 9.81. The van der Waals surface area contributed by atoms with Gasteiger partial charge in [-0.1, -0.05) is 12.8 Å². The highest BCUT2D eigenvalue weighted by molar-refractivity contribution is 5.66. The Hall–Kier alpha value is -0.770. The largest absolute Gasteiger partial charge is 0.465 e. The minimum atomic E-state index is -1.05. The van der Waals surface area contributed by atoms with E-state index in [4.69, 9.17) is 5.11 Å². The maximum absolute atomic E-state index is 10.6. The van der Waals surface area contributed by atoms with Crippen LogP contribution < -0.4 is 5.32 Å². The van der Waals surface area contributed by atoms with Crippen molar-refractivity contribution in [3.05, 3.63) is 0 Å². The SMILES string of the molecule is CC(C)(O)C1(NC(=O)O)CCCC1. The first-order valence-corrected chi connectivity index (χ1v) is 4.61. The van der Waals surface area contributed by atoms with Gasteiger partial charge in [-0.2, -0.15) is 0 Å². The quantitative estimate of drug-likeness (QED) is 0.611. The Balaban J connectivity index is 2.81. The van der Waals surface area contributed by atoms with E-state index in [0.717, 1.165) is 25.7 Å². The summed E-state index contributed by atoms with van der Waals surface area (Å²) in [5, 5.41) is 21.0. The van der Waals surface area contributed by atoms with Crippen molar-refractivity contribution in [1.29, 1.82) is 0 Å². The normalized spacial score (nSPS) is 21.5. The molecule has 76 valence electrons. The summed E-state index contributed by atoms with van der Waals surface area (Å²) in [6.45, 7) is 3.32. The van der Waals surface area contributed by atoms with Gasteiger partial charge in [0.15, 0.2) is 0 Å². The highest BCUT2D eigenvalue weighted by Crippen LogP contribution is 2.38. The predicted molar refractivity (Wildman–Crippen MR) is 48.7 cm³/mol. The van der Waals surface area contributed by atoms with Crippen LogP contribution >= 0.6 is 0 Å². The second-order valence-electron chi connectivity index (χ2n) is 4.28. The number of hydrogen-bond donors (Lipinski definition) is 3. The third-order valence-electron chi connectivity index (χ3n) is 2.97. The third kappa shape index (κ3) is 1.94. The number of carbonyl (C=O) groups is 1. The Morgan fingerprint density at radius 3 is 2.15 bits per heavy atom. The maximum Gasteiger partial charge on any atom is 0.405 e. The number of carboxylic acid groups (broad SMARTS) is 1. The molecule has 4 heteroatoms. The Morgan fingerprint density at radius 2 is 1.85 bits per heavy atom. The first-order chi connectivity index (χ1) is 5.87. The molecule has 0 aliphatic heterocycles. The van der Waals surface area contributed by atoms with Crippen LogP contribution in [0.4, 0.5) is 4.79 Å². The Bertz CT molecular complexity index is 201. The van der Waals surface area contributed by atoms with Gasteiger partial charge in [-0.3, -0.25) is 0 Å². The molecule has 0 bridgehead atoms. The Labute approximate surface area is 78.0 Å². The number of nitrogens with one attached hydrogen (secondary N) is 1. The van der Waals surface area contributed by atoms with Crippen LogP contribution in [0.2, 0.25) is 0 Å². The molecule has 1 amide bonds. The van der Waals surface area contributed by atoms with Crippen LogP contribution in [-0.4, -0.2) is 27.4 Å². The first kappa shape index (κ1) is 10.3. The van der Waals surface area contributed by atoms with Crippen LogP contribution in [0.5, 0.6) is 0 Å². The lowest BCUT2D eigenvalue weighted by molar-refractivity contribution is -0.0171. The van der Waals surface area contributed by atoms with Gasteiger partial charge in [0.25, 0.3) is 0 Å². The molecule has 0 aromatic rings. The van der Waals surface area contributed by atoms with Crippen LogP contribution in [0.25, 0.3) is 0 Å². The fourth-order valence-electron chi connectivity index (χ4n) is 2.07. The molecule has 1 rings (SSSR count). The molecule has 0 heterocycles. The van der Waals surface area contributed by atoms with Gasteiger partial charge < -0.3 is 15.5 Å². The van der Waals surface area contributed by atoms with E-state index in [1.807, 2.05) is 0 Å². The van der Waals surface area contributed by atoms with Crippen molar-refractivity contribution in [2.45, 2.75) is 50.7 Å². The van der Waals surface area contributed by atoms with E-state index in [1.54, 1.807) is 13.8 Å². The zero-order valence-corrected chi connectivity index (χ0v) is 8.13. The minimum Gasteiger partial charge on any atom is -0.465 e. The third-order valence-corrected chi connectivity index (χ3v) is 2.97. The van der Waals surface area contributed by atoms with Crippen LogP contribution in [0.1, 0.15) is 39.5 Å². The summed E-state index contributed by atoms with van der Waals surface area (Å²) in [5.41, 5.74) is -1.62. The Kier molecular flexibility index (Phi) is 2.52. The van der Waals surface area contributed by atoms with Crippen LogP contribution in [0.3, 0.4) is 0 Å². The minimum absolute atomic E-state index is 0.640. The van der Waals surface area contributed by atoms with Crippen molar-refractivity contribution in [3.63, 3.8) is 0 Å². The number of hydrogen-bond acceptors (Lipinski definition) is 2. The highest BCUT2D eigenvalue weighted by Gasteiger charge is 2.46. The summed E-state index contributed by atoms with van der Waals surface area (Å²) in [6, 6.07) is 0. The zero-order chi connectivity index (χ0) is 10.1. The summed E-state index contributed by atoms with van der Waals surface area (Å²) in [5.74, 6) is 0. The van der Waals surface area contributed by atoms with Gasteiger partial charge in [-0.25, -0.2) is 4.79 Å². The first-order valence-electron chi connectivity index (χ1n) is 4.61. The van der Waals surface area contributed by atoms with Crippen molar-refractivity contribution in [2.24, 2.45) is 0 Å². The fraction of sp³-hybridized carbons (Fsp3) is 0.889. The average molecular weight is 187 g/mol. The van der Waals surface area contributed by atoms with E-state index >= 15 is 0 Å². The molecule has 1 aliphatic rings. The molecule has 0 spiro atoms. The summed E-state index contributed by atoms with van der Waals surface area (Å²) >= 11 is 0. The molecule has 1 aliphatic carbocycles. The summed E-state index contributed by atoms with van der Waals surface area (Å²) in [7, 11) is 0. The summed E-state index contributed by atoms with van der Waals surface area (Å²) in [6.07, 6.45) is 2.35. The number of aliphatic hydroxyl groups is 1. The van der Waals surface area contributed by atoms with E-state index in [9.17, 15) is 9.90 Å². The van der Waals surface area contributed by atoms with Gasteiger partial charge in [0, 0.05) is 0 Å². The standard InChI is InChI=1S/C9H17NO3/c1-8(2,13)9(10-7(11)12)5-3-4-6-9/h10,13H,3-6H2,1-2H3,(H,11,12). The fourth-order valence-corrected chi connectivity index (χ4v) is 2.07. The van der Waals surface area contributed by atoms with E-state index in [1.165, 1.54) is 0 Å². The van der Waals surface area contributed by atoms with Gasteiger partial charge in [-0.15, -0.1) is 0 Å². The molecule has 1 saturated carbocycles. The summed E-state index contributed by atoms with van der Waals surface area (Å²) < 4.78 is 0. The van der Waals surface area contributed by atoms with Gasteiger partial charge in [0.1, 0.15) is 0 Å². The predicted octanol–water partition coefficient (Wildman–Crippen LogP) is 1.34. The van der Waals surface area contributed by atoms with Gasteiger partial charge in [-0.05, 0) is 26.7 Å². The van der Waals surface area contributed by atoms with Gasteiger partial charge in [0.2, 0.25) is 0 Å². The van der Waals surface area contributed by atoms with E-state index < -0.39 is 17.2 Å². The van der Waals surface area contributed by atoms with E-state index in [2.05, 4.69) is 5.32 Å². The molecule has 3 N–H and O–H groups in total. The molecule has 0 aromatic heterocycles. The van der Waals surface area contributed by atoms with Crippen molar-refractivity contribution in [1.82, 2.24) is 5.32 Å². The highest BCUT2D eigenvalue weighted by atomic mass is 16.4. The molecular weight excluding hydrogens is 170 g/mol. The molecule has 0 radical (unpaired) electrons. The van der Waals surface area contributed by atoms with Crippen molar-refractivity contribution in [2.75, 3.05) is 0 Å². The molecule has 4 nitrogen and oxygen atoms in total. The molecule has 0 atom stereocenters. The molecule has 0 unspecified atom stereocenters. The second kappa shape index (κ2) is 3.18. The van der Waals surface area contributed by atoms with E-state index in [-0.39, 0.29) is 0 Å². The summed E-state index contributed by atoms with van der Waals surface area (Å²) in [4.78, 5) is 10.6. The molecular formula is C9H17NO3. The smallest absolute Gasteiger partial charge is 0.405 e. The second-order valence-corrected chi connectivity index (χ2v) is 4.28. The molecule has 0 aromatic carbocycles. The monoisotopic (exact) mass is 187 g/mol. The van der Waals surface area contributed by atoms with Gasteiger partial charge in [0.05, 0.1) is 11.1 Å². The van der Waals surface area contributed by atoms with Crippen LogP contribution in [0, 0.1) is 0 Å². The number of amides is 1. The van der Waals surface area contributed by atoms with Crippen LogP contribution in [-0.2, 0) is 0 Å². The van der Waals surface area contributed by atoms with Crippen molar-refractivity contribution >= 4 is 6.09 Å². The molecule has 0 saturated heterocycles. The van der Waals surface area contributed by atoms with Crippen LogP contribution in [0.15, 0.2) is 0 Å². The van der Waals surface area contributed by atoms with Gasteiger partial charge >= 0.3 is 6.09 Å². The molecule has 1 fully saturated rings. The lowest BCUT2D eigenvalue weighted by Crippen LogP contribution is -2.59. The topological polar surface area (TPSA) is 69.6 Å². The molecule has 13 heavy (non-hydrogen) atoms. The lowest BCUT2D eigenvalue weighted by Gasteiger charge is -2.40. The van der Waals surface area contributed by atoms with E-state index in [0.29, 0.717) is 0 Å². The van der Waals surface area contributed by atoms with Crippen molar-refractivity contribution in [3.8, 4) is 0 Å². The van der Waals surface area contributed by atoms with Crippen molar-refractivity contribution < 1.29 is 15.0 Å². The Morgan fingerprint density at radius 1 is 1.38 bits per heavy atom. The number of rotatable bonds is 2. The zero-order valence-electron chi connectivity index (χ0n) is 8.13. The maximum atomic E-state index is 10.6.